The fourth-order valence-corrected chi connectivity index (χ4v) is 5.91. The van der Waals surface area contributed by atoms with E-state index in [1.54, 1.807) is 65.8 Å². The van der Waals surface area contributed by atoms with E-state index in [-0.39, 0.29) is 46.8 Å². The van der Waals surface area contributed by atoms with Gasteiger partial charge in [0.2, 0.25) is 0 Å². The van der Waals surface area contributed by atoms with Gasteiger partial charge in [0.05, 0.1) is 37.4 Å². The van der Waals surface area contributed by atoms with Crippen LogP contribution in [0, 0.1) is 0 Å². The first-order chi connectivity index (χ1) is 18.9. The van der Waals surface area contributed by atoms with Gasteiger partial charge in [0.15, 0.2) is 23.0 Å². The molecule has 1 saturated heterocycles. The summed E-state index contributed by atoms with van der Waals surface area (Å²) in [5, 5.41) is 9.55. The van der Waals surface area contributed by atoms with Crippen LogP contribution in [0.15, 0.2) is 70.5 Å². The Morgan fingerprint density at radius 3 is 2.36 bits per heavy atom. The Morgan fingerprint density at radius 2 is 1.72 bits per heavy atom. The fraction of sp³-hybridized carbons (Fsp3) is 0.296. The second kappa shape index (κ2) is 13.1. The molecule has 2 N–H and O–H groups in total. The number of benzene rings is 3. The van der Waals surface area contributed by atoms with E-state index in [1.165, 1.54) is 24.9 Å². The zero-order valence-corrected chi connectivity index (χ0v) is 23.2. The number of carbonyl (C=O) groups is 1. The maximum absolute atomic E-state index is 13.9. The highest BCUT2D eigenvalue weighted by Crippen LogP contribution is 2.48. The van der Waals surface area contributed by atoms with Crippen molar-refractivity contribution in [1.29, 1.82) is 0 Å². The van der Waals surface area contributed by atoms with Crippen LogP contribution in [0.25, 0.3) is 0 Å². The number of amides is 1. The molecule has 1 amide bonds. The van der Waals surface area contributed by atoms with Crippen molar-refractivity contribution in [2.75, 3.05) is 57.6 Å². The van der Waals surface area contributed by atoms with Crippen LogP contribution in [0.5, 0.6) is 23.0 Å². The standard InChI is InChI=1S/C27H30N2O8S2/c1-34-21-10-6-7-11-22(21)37-24-23(39(32,33)28-19-8-4-3-5-9-19)18-20(26(38-2)25(24)36-17-14-30)27(31)29-12-15-35-16-13-29/h3-11,18,28,30H,12-17H2,1-2H3. The molecule has 1 fully saturated rings. The molecule has 0 atom stereocenters. The lowest BCUT2D eigenvalue weighted by molar-refractivity contribution is 0.0300. The first kappa shape index (κ1) is 28.6. The molecule has 0 saturated carbocycles. The summed E-state index contributed by atoms with van der Waals surface area (Å²) in [4.78, 5) is 15.4. The number of carbonyl (C=O) groups excluding carboxylic acids is 1. The minimum absolute atomic E-state index is 0.0232. The van der Waals surface area contributed by atoms with Crippen LogP contribution in [0.1, 0.15) is 10.4 Å². The Hall–Kier alpha value is -3.45. The van der Waals surface area contributed by atoms with E-state index in [9.17, 15) is 18.3 Å². The number of anilines is 1. The number of thioether (sulfide) groups is 1. The third-order valence-corrected chi connectivity index (χ3v) is 8.02. The van der Waals surface area contributed by atoms with Gasteiger partial charge in [0.1, 0.15) is 11.5 Å². The van der Waals surface area contributed by atoms with Crippen molar-refractivity contribution in [1.82, 2.24) is 4.90 Å². The third kappa shape index (κ3) is 6.59. The Bertz CT molecular complexity index is 1390. The molecule has 39 heavy (non-hydrogen) atoms. The molecule has 4 rings (SSSR count). The van der Waals surface area contributed by atoms with Crippen LogP contribution >= 0.6 is 11.8 Å². The summed E-state index contributed by atoms with van der Waals surface area (Å²) >= 11 is 1.21. The molecule has 3 aromatic carbocycles. The summed E-state index contributed by atoms with van der Waals surface area (Å²) in [5.41, 5.74) is 0.465. The van der Waals surface area contributed by atoms with E-state index in [0.29, 0.717) is 42.6 Å². The highest BCUT2D eigenvalue weighted by Gasteiger charge is 2.33. The van der Waals surface area contributed by atoms with Crippen molar-refractivity contribution in [3.63, 3.8) is 0 Å². The van der Waals surface area contributed by atoms with E-state index < -0.39 is 10.0 Å². The first-order valence-electron chi connectivity index (χ1n) is 12.1. The van der Waals surface area contributed by atoms with Gasteiger partial charge >= 0.3 is 0 Å². The number of aliphatic hydroxyl groups excluding tert-OH is 1. The molecule has 0 aliphatic carbocycles. The van der Waals surface area contributed by atoms with Gasteiger partial charge in [-0.1, -0.05) is 30.3 Å². The second-order valence-electron chi connectivity index (χ2n) is 8.31. The monoisotopic (exact) mass is 574 g/mol. The van der Waals surface area contributed by atoms with Crippen molar-refractivity contribution in [3.05, 3.63) is 66.2 Å². The Balaban J connectivity index is 1.96. The number of hydrogen-bond acceptors (Lipinski definition) is 9. The zero-order chi connectivity index (χ0) is 27.8. The Labute approximate surface area is 231 Å². The smallest absolute Gasteiger partial charge is 0.265 e. The molecule has 12 heteroatoms. The second-order valence-corrected chi connectivity index (χ2v) is 10.8. The van der Waals surface area contributed by atoms with Crippen molar-refractivity contribution in [3.8, 4) is 23.0 Å². The van der Waals surface area contributed by atoms with E-state index in [2.05, 4.69) is 4.72 Å². The number of hydrogen-bond donors (Lipinski definition) is 2. The predicted octanol–water partition coefficient (Wildman–Crippen LogP) is 3.85. The number of morpholine rings is 1. The summed E-state index contributed by atoms with van der Waals surface area (Å²) in [6.07, 6.45) is 1.75. The molecule has 1 aliphatic heterocycles. The summed E-state index contributed by atoms with van der Waals surface area (Å²) in [6, 6.07) is 16.5. The number of sulfonamides is 1. The summed E-state index contributed by atoms with van der Waals surface area (Å²) in [7, 11) is -2.84. The third-order valence-electron chi connectivity index (χ3n) is 5.82. The van der Waals surface area contributed by atoms with Crippen LogP contribution in [0.3, 0.4) is 0 Å². The molecule has 0 radical (unpaired) electrons. The summed E-state index contributed by atoms with van der Waals surface area (Å²) in [5.74, 6) is 0.124. The fourth-order valence-electron chi connectivity index (χ4n) is 4.00. The van der Waals surface area contributed by atoms with Gasteiger partial charge in [0, 0.05) is 18.8 Å². The highest BCUT2D eigenvalue weighted by atomic mass is 32.2. The van der Waals surface area contributed by atoms with Crippen molar-refractivity contribution in [2.24, 2.45) is 0 Å². The molecular formula is C27H30N2O8S2. The van der Waals surface area contributed by atoms with Crippen molar-refractivity contribution < 1.29 is 37.3 Å². The van der Waals surface area contributed by atoms with Gasteiger partial charge in [-0.3, -0.25) is 9.52 Å². The summed E-state index contributed by atoms with van der Waals surface area (Å²) in [6.45, 7) is 0.991. The predicted molar refractivity (Wildman–Crippen MR) is 148 cm³/mol. The highest BCUT2D eigenvalue weighted by molar-refractivity contribution is 7.98. The number of methoxy groups -OCH3 is 1. The van der Waals surface area contributed by atoms with Crippen LogP contribution in [0.2, 0.25) is 0 Å². The molecule has 3 aromatic rings. The lowest BCUT2D eigenvalue weighted by Gasteiger charge is -2.28. The molecule has 0 bridgehead atoms. The molecule has 0 unspecified atom stereocenters. The van der Waals surface area contributed by atoms with E-state index >= 15 is 0 Å². The van der Waals surface area contributed by atoms with Gasteiger partial charge in [-0.25, -0.2) is 8.42 Å². The van der Waals surface area contributed by atoms with Crippen molar-refractivity contribution >= 4 is 33.4 Å². The number of rotatable bonds is 11. The minimum atomic E-state index is -4.31. The maximum atomic E-state index is 13.9. The molecule has 1 aliphatic rings. The number of nitrogens with zero attached hydrogens (tertiary/aromatic N) is 1. The number of ether oxygens (including phenoxy) is 4. The molecule has 10 nitrogen and oxygen atoms in total. The number of nitrogens with one attached hydrogen (secondary N) is 1. The number of aliphatic hydroxyl groups is 1. The van der Waals surface area contributed by atoms with Gasteiger partial charge in [-0.15, -0.1) is 11.8 Å². The van der Waals surface area contributed by atoms with Gasteiger partial charge in [-0.05, 0) is 36.6 Å². The Kier molecular flexibility index (Phi) is 9.57. The van der Waals surface area contributed by atoms with Crippen molar-refractivity contribution in [2.45, 2.75) is 9.79 Å². The van der Waals surface area contributed by atoms with Gasteiger partial charge in [-0.2, -0.15) is 0 Å². The van der Waals surface area contributed by atoms with E-state index in [1.807, 2.05) is 0 Å². The molecule has 1 heterocycles. The number of para-hydroxylation sites is 3. The van der Waals surface area contributed by atoms with E-state index in [0.717, 1.165) is 0 Å². The topological polar surface area (TPSA) is 124 Å². The lowest BCUT2D eigenvalue weighted by Crippen LogP contribution is -2.41. The normalized spacial score (nSPS) is 13.6. The molecular weight excluding hydrogens is 544 g/mol. The quantitative estimate of drug-likeness (QED) is 0.329. The molecule has 0 aromatic heterocycles. The SMILES string of the molecule is COc1ccccc1Oc1c(S(=O)(=O)Nc2ccccc2)cc(C(=O)N2CCOCC2)c(SC)c1OCCO. The van der Waals surface area contributed by atoms with E-state index in [4.69, 9.17) is 18.9 Å². The Morgan fingerprint density at radius 1 is 1.05 bits per heavy atom. The van der Waals surface area contributed by atoms with Gasteiger partial charge in [0.25, 0.3) is 15.9 Å². The largest absolute Gasteiger partial charge is 0.493 e. The maximum Gasteiger partial charge on any atom is 0.265 e. The van der Waals surface area contributed by atoms with Crippen LogP contribution < -0.4 is 18.9 Å². The minimum Gasteiger partial charge on any atom is -0.493 e. The molecule has 208 valence electrons. The molecule has 0 spiro atoms. The van der Waals surface area contributed by atoms with Crippen LogP contribution in [-0.2, 0) is 14.8 Å². The summed E-state index contributed by atoms with van der Waals surface area (Å²) < 4.78 is 53.2. The zero-order valence-electron chi connectivity index (χ0n) is 21.6. The lowest BCUT2D eigenvalue weighted by atomic mass is 10.1. The van der Waals surface area contributed by atoms with Crippen LogP contribution in [-0.4, -0.2) is 77.2 Å². The average molecular weight is 575 g/mol. The van der Waals surface area contributed by atoms with Gasteiger partial charge < -0.3 is 29.0 Å². The van der Waals surface area contributed by atoms with Crippen LogP contribution in [0.4, 0.5) is 5.69 Å². The average Bonchev–Trinajstić information content (AvgIpc) is 2.96. The first-order valence-corrected chi connectivity index (χ1v) is 14.8.